The van der Waals surface area contributed by atoms with E-state index in [2.05, 4.69) is 25.1 Å². The Morgan fingerprint density at radius 2 is 1.93 bits per heavy atom. The first kappa shape index (κ1) is 19.9. The van der Waals surface area contributed by atoms with Gasteiger partial charge < -0.3 is 25.6 Å². The summed E-state index contributed by atoms with van der Waals surface area (Å²) in [6.45, 7) is 3.36. The van der Waals surface area contributed by atoms with Crippen molar-refractivity contribution in [3.63, 3.8) is 0 Å². The van der Waals surface area contributed by atoms with Crippen molar-refractivity contribution in [1.82, 2.24) is 14.9 Å². The van der Waals surface area contributed by atoms with Crippen LogP contribution in [-0.2, 0) is 0 Å². The highest BCUT2D eigenvalue weighted by molar-refractivity contribution is 5.96. The fraction of sp³-hybridized carbons (Fsp3) is 0.450. The summed E-state index contributed by atoms with van der Waals surface area (Å²) in [5, 5.41) is 3.17. The molecule has 1 aromatic carbocycles. The van der Waals surface area contributed by atoms with Gasteiger partial charge in [0.15, 0.2) is 11.5 Å². The Bertz CT molecular complexity index is 788. The van der Waals surface area contributed by atoms with E-state index in [9.17, 15) is 4.79 Å². The van der Waals surface area contributed by atoms with Crippen molar-refractivity contribution < 1.29 is 9.53 Å². The highest BCUT2D eigenvalue weighted by Gasteiger charge is 2.18. The number of likely N-dealkylation sites (N-methyl/N-ethyl adjacent to an activating group) is 1. The van der Waals surface area contributed by atoms with Gasteiger partial charge in [0, 0.05) is 25.3 Å². The van der Waals surface area contributed by atoms with Gasteiger partial charge in [-0.2, -0.15) is 0 Å². The standard InChI is InChI=1S/C20H28N6O2/c1-25(2)12-13-28-16-8-6-15(7-9-16)23-20-18(19(21)27)22-14-17(24-20)26-10-4-3-5-11-26/h6-9,14H,3-5,10-13H2,1-2H3,(H2,21,27)(H,23,24). The molecule has 1 amide bonds. The van der Waals surface area contributed by atoms with Crippen molar-refractivity contribution in [3.8, 4) is 5.75 Å². The molecule has 3 N–H and O–H groups in total. The number of rotatable bonds is 8. The number of primary amides is 1. The van der Waals surface area contributed by atoms with Gasteiger partial charge in [-0.25, -0.2) is 9.97 Å². The number of carbonyl (C=O) groups is 1. The Kier molecular flexibility index (Phi) is 6.65. The molecule has 8 heteroatoms. The van der Waals surface area contributed by atoms with E-state index in [1.54, 1.807) is 6.20 Å². The molecule has 0 bridgehead atoms. The summed E-state index contributed by atoms with van der Waals surface area (Å²) in [6, 6.07) is 7.52. The van der Waals surface area contributed by atoms with Gasteiger partial charge in [-0.15, -0.1) is 0 Å². The van der Waals surface area contributed by atoms with Gasteiger partial charge >= 0.3 is 0 Å². The van der Waals surface area contributed by atoms with Crippen LogP contribution >= 0.6 is 0 Å². The van der Waals surface area contributed by atoms with E-state index in [4.69, 9.17) is 10.5 Å². The molecule has 3 rings (SSSR count). The second-order valence-corrected chi connectivity index (χ2v) is 7.14. The van der Waals surface area contributed by atoms with E-state index in [-0.39, 0.29) is 5.69 Å². The summed E-state index contributed by atoms with van der Waals surface area (Å²) in [5.74, 6) is 1.31. The molecule has 1 aliphatic heterocycles. The number of aromatic nitrogens is 2. The molecule has 0 spiro atoms. The second-order valence-electron chi connectivity index (χ2n) is 7.14. The summed E-state index contributed by atoms with van der Waals surface area (Å²) in [6.07, 6.45) is 5.13. The lowest BCUT2D eigenvalue weighted by Gasteiger charge is -2.27. The Morgan fingerprint density at radius 3 is 2.57 bits per heavy atom. The Hall–Kier alpha value is -2.87. The zero-order chi connectivity index (χ0) is 19.9. The summed E-state index contributed by atoms with van der Waals surface area (Å²) in [4.78, 5) is 24.9. The van der Waals surface area contributed by atoms with Crippen LogP contribution < -0.4 is 20.7 Å². The third-order valence-electron chi connectivity index (χ3n) is 4.60. The van der Waals surface area contributed by atoms with Gasteiger partial charge in [0.1, 0.15) is 18.2 Å². The molecule has 0 atom stereocenters. The normalized spacial score (nSPS) is 14.2. The number of carbonyl (C=O) groups excluding carboxylic acids is 1. The molecule has 1 aromatic heterocycles. The summed E-state index contributed by atoms with van der Waals surface area (Å²) in [5.41, 5.74) is 6.40. The van der Waals surface area contributed by atoms with Crippen molar-refractivity contribution in [1.29, 1.82) is 0 Å². The molecule has 2 aromatic rings. The van der Waals surface area contributed by atoms with Crippen LogP contribution in [0.2, 0.25) is 0 Å². The maximum Gasteiger partial charge on any atom is 0.271 e. The van der Waals surface area contributed by atoms with Crippen molar-refractivity contribution in [2.75, 3.05) is 50.6 Å². The average molecular weight is 384 g/mol. The summed E-state index contributed by atoms with van der Waals surface area (Å²) >= 11 is 0. The molecular formula is C20H28N6O2. The predicted molar refractivity (Wildman–Crippen MR) is 110 cm³/mol. The van der Waals surface area contributed by atoms with Crippen molar-refractivity contribution in [3.05, 3.63) is 36.2 Å². The smallest absolute Gasteiger partial charge is 0.271 e. The molecule has 1 aliphatic rings. The maximum atomic E-state index is 11.8. The quantitative estimate of drug-likeness (QED) is 0.720. The van der Waals surface area contributed by atoms with E-state index >= 15 is 0 Å². The Morgan fingerprint density at radius 1 is 1.21 bits per heavy atom. The van der Waals surface area contributed by atoms with Crippen molar-refractivity contribution in [2.45, 2.75) is 19.3 Å². The SMILES string of the molecule is CN(C)CCOc1ccc(Nc2nc(N3CCCCC3)cnc2C(N)=O)cc1. The first-order chi connectivity index (χ1) is 13.5. The maximum absolute atomic E-state index is 11.8. The third-order valence-corrected chi connectivity index (χ3v) is 4.60. The Balaban J connectivity index is 1.73. The van der Waals surface area contributed by atoms with Crippen LogP contribution in [0.1, 0.15) is 29.8 Å². The number of nitrogens with zero attached hydrogens (tertiary/aromatic N) is 4. The number of anilines is 3. The molecule has 0 radical (unpaired) electrons. The van der Waals surface area contributed by atoms with Gasteiger partial charge in [-0.05, 0) is 57.6 Å². The second kappa shape index (κ2) is 9.36. The van der Waals surface area contributed by atoms with E-state index in [1.165, 1.54) is 6.42 Å². The van der Waals surface area contributed by atoms with Crippen LogP contribution in [0.3, 0.4) is 0 Å². The minimum atomic E-state index is -0.608. The number of piperidine rings is 1. The lowest BCUT2D eigenvalue weighted by Crippen LogP contribution is -2.31. The fourth-order valence-electron chi connectivity index (χ4n) is 3.04. The van der Waals surface area contributed by atoms with Crippen LogP contribution in [0.25, 0.3) is 0 Å². The highest BCUT2D eigenvalue weighted by atomic mass is 16.5. The zero-order valence-corrected chi connectivity index (χ0v) is 16.5. The van der Waals surface area contributed by atoms with Crippen LogP contribution in [-0.4, -0.2) is 61.1 Å². The minimum Gasteiger partial charge on any atom is -0.492 e. The van der Waals surface area contributed by atoms with Gasteiger partial charge in [0.25, 0.3) is 5.91 Å². The monoisotopic (exact) mass is 384 g/mol. The Labute approximate surface area is 165 Å². The molecule has 1 fully saturated rings. The van der Waals surface area contributed by atoms with Gasteiger partial charge in [-0.1, -0.05) is 0 Å². The predicted octanol–water partition coefficient (Wildman–Crippen LogP) is 2.25. The molecule has 1 saturated heterocycles. The topological polar surface area (TPSA) is 96.6 Å². The molecule has 28 heavy (non-hydrogen) atoms. The van der Waals surface area contributed by atoms with Crippen LogP contribution in [0, 0.1) is 0 Å². The summed E-state index contributed by atoms with van der Waals surface area (Å²) in [7, 11) is 4.01. The van der Waals surface area contributed by atoms with Crippen LogP contribution in [0.4, 0.5) is 17.3 Å². The van der Waals surface area contributed by atoms with Gasteiger partial charge in [0.2, 0.25) is 0 Å². The molecule has 0 unspecified atom stereocenters. The molecule has 150 valence electrons. The van der Waals surface area contributed by atoms with Crippen molar-refractivity contribution >= 4 is 23.2 Å². The van der Waals surface area contributed by atoms with Crippen molar-refractivity contribution in [2.24, 2.45) is 5.73 Å². The number of ether oxygens (including phenoxy) is 1. The molecule has 0 aliphatic carbocycles. The number of nitrogens with one attached hydrogen (secondary N) is 1. The number of hydrogen-bond acceptors (Lipinski definition) is 7. The number of amides is 1. The average Bonchev–Trinajstić information content (AvgIpc) is 2.69. The van der Waals surface area contributed by atoms with Gasteiger partial charge in [-0.3, -0.25) is 4.79 Å². The largest absolute Gasteiger partial charge is 0.492 e. The zero-order valence-electron chi connectivity index (χ0n) is 16.5. The number of hydrogen-bond donors (Lipinski definition) is 2. The number of benzene rings is 1. The lowest BCUT2D eigenvalue weighted by atomic mass is 10.1. The summed E-state index contributed by atoms with van der Waals surface area (Å²) < 4.78 is 5.70. The third kappa shape index (κ3) is 5.32. The number of nitrogens with two attached hydrogens (primary N) is 1. The molecule has 2 heterocycles. The van der Waals surface area contributed by atoms with E-state index < -0.39 is 5.91 Å². The minimum absolute atomic E-state index is 0.132. The fourth-order valence-corrected chi connectivity index (χ4v) is 3.04. The van der Waals surface area contributed by atoms with E-state index in [0.29, 0.717) is 12.4 Å². The molecule has 0 saturated carbocycles. The van der Waals surface area contributed by atoms with Crippen LogP contribution in [0.5, 0.6) is 5.75 Å². The highest BCUT2D eigenvalue weighted by Crippen LogP contribution is 2.24. The van der Waals surface area contributed by atoms with E-state index in [0.717, 1.165) is 49.7 Å². The van der Waals surface area contributed by atoms with Crippen LogP contribution in [0.15, 0.2) is 30.5 Å². The lowest BCUT2D eigenvalue weighted by molar-refractivity contribution is 0.0996. The van der Waals surface area contributed by atoms with Gasteiger partial charge in [0.05, 0.1) is 6.20 Å². The molecular weight excluding hydrogens is 356 g/mol. The first-order valence-corrected chi connectivity index (χ1v) is 9.59. The first-order valence-electron chi connectivity index (χ1n) is 9.59. The molecule has 8 nitrogen and oxygen atoms in total. The van der Waals surface area contributed by atoms with E-state index in [1.807, 2.05) is 38.4 Å².